The number of amides is 4. The molecule has 1 heterocycles. The Morgan fingerprint density at radius 3 is 2.30 bits per heavy atom. The predicted molar refractivity (Wildman–Crippen MR) is 104 cm³/mol. The van der Waals surface area contributed by atoms with E-state index in [-0.39, 0.29) is 24.4 Å². The van der Waals surface area contributed by atoms with Gasteiger partial charge in [0.25, 0.3) is 11.8 Å². The predicted octanol–water partition coefficient (Wildman–Crippen LogP) is 3.22. The Kier molecular flexibility index (Phi) is 5.54. The van der Waals surface area contributed by atoms with Crippen molar-refractivity contribution in [2.75, 3.05) is 24.5 Å². The lowest BCUT2D eigenvalue weighted by atomic mass is 10.1. The van der Waals surface area contributed by atoms with Gasteiger partial charge in [-0.1, -0.05) is 24.3 Å². The number of hydrogen-bond acceptors (Lipinski definition) is 3. The summed E-state index contributed by atoms with van der Waals surface area (Å²) in [6.45, 7) is 5.11. The Bertz CT molecular complexity index is 843. The van der Waals surface area contributed by atoms with E-state index in [0.29, 0.717) is 30.6 Å². The number of urea groups is 1. The van der Waals surface area contributed by atoms with E-state index in [2.05, 4.69) is 5.32 Å². The second-order valence-electron chi connectivity index (χ2n) is 6.48. The fraction of sp³-hybridized carbons (Fsp3) is 0.286. The van der Waals surface area contributed by atoms with Gasteiger partial charge < -0.3 is 5.32 Å². The van der Waals surface area contributed by atoms with Gasteiger partial charge in [0, 0.05) is 25.3 Å². The van der Waals surface area contributed by atoms with E-state index in [0.717, 1.165) is 11.3 Å². The first-order valence-corrected chi connectivity index (χ1v) is 9.10. The van der Waals surface area contributed by atoms with Crippen LogP contribution < -0.4 is 10.2 Å². The molecule has 0 spiro atoms. The third-order valence-electron chi connectivity index (χ3n) is 4.59. The molecular weight excluding hydrogens is 342 g/mol. The number of aryl methyl sites for hydroxylation is 1. The summed E-state index contributed by atoms with van der Waals surface area (Å²) in [4.78, 5) is 40.0. The minimum Gasteiger partial charge on any atom is -0.338 e. The highest BCUT2D eigenvalue weighted by Crippen LogP contribution is 2.22. The highest BCUT2D eigenvalue weighted by atomic mass is 16.2. The lowest BCUT2D eigenvalue weighted by Crippen LogP contribution is -2.41. The maximum absolute atomic E-state index is 12.5. The molecule has 1 aliphatic rings. The van der Waals surface area contributed by atoms with E-state index in [1.54, 1.807) is 29.2 Å². The quantitative estimate of drug-likeness (QED) is 0.631. The van der Waals surface area contributed by atoms with Crippen LogP contribution in [0.3, 0.4) is 0 Å². The van der Waals surface area contributed by atoms with Crippen LogP contribution in [-0.4, -0.2) is 42.4 Å². The zero-order valence-electron chi connectivity index (χ0n) is 15.6. The number of carbonyl (C=O) groups excluding carboxylic acids is 3. The standard InChI is InChI=1S/C21H23N3O3/c1-3-23(16-9-6-8-15(2)14-16)21(27)22-12-7-13-24-19(25)17-10-4-5-11-18(17)20(24)26/h4-6,8-11,14H,3,7,12-13H2,1-2H3,(H,22,27). The Morgan fingerprint density at radius 2 is 1.70 bits per heavy atom. The van der Waals surface area contributed by atoms with Crippen molar-refractivity contribution in [3.05, 3.63) is 65.2 Å². The molecule has 6 heteroatoms. The van der Waals surface area contributed by atoms with Crippen molar-refractivity contribution in [2.24, 2.45) is 0 Å². The maximum Gasteiger partial charge on any atom is 0.321 e. The van der Waals surface area contributed by atoms with E-state index in [1.807, 2.05) is 38.1 Å². The van der Waals surface area contributed by atoms with E-state index in [1.165, 1.54) is 4.90 Å². The molecule has 3 rings (SSSR count). The van der Waals surface area contributed by atoms with Gasteiger partial charge in [-0.3, -0.25) is 19.4 Å². The topological polar surface area (TPSA) is 69.7 Å². The second kappa shape index (κ2) is 8.03. The maximum atomic E-state index is 12.5. The van der Waals surface area contributed by atoms with Crippen LogP contribution in [0, 0.1) is 6.92 Å². The first-order valence-electron chi connectivity index (χ1n) is 9.10. The van der Waals surface area contributed by atoms with Gasteiger partial charge in [0.1, 0.15) is 0 Å². The molecule has 0 radical (unpaired) electrons. The van der Waals surface area contributed by atoms with Gasteiger partial charge in [-0.2, -0.15) is 0 Å². The van der Waals surface area contributed by atoms with Crippen LogP contribution in [0.4, 0.5) is 10.5 Å². The van der Waals surface area contributed by atoms with Gasteiger partial charge in [-0.25, -0.2) is 4.79 Å². The summed E-state index contributed by atoms with van der Waals surface area (Å²) in [6, 6.07) is 14.4. The Labute approximate surface area is 158 Å². The minimum absolute atomic E-state index is 0.189. The van der Waals surface area contributed by atoms with Crippen LogP contribution >= 0.6 is 0 Å². The van der Waals surface area contributed by atoms with Gasteiger partial charge in [-0.15, -0.1) is 0 Å². The largest absolute Gasteiger partial charge is 0.338 e. The summed E-state index contributed by atoms with van der Waals surface area (Å²) >= 11 is 0. The first kappa shape index (κ1) is 18.6. The Balaban J connectivity index is 1.52. The molecule has 140 valence electrons. The number of benzene rings is 2. The normalized spacial score (nSPS) is 12.9. The Hall–Kier alpha value is -3.15. The van der Waals surface area contributed by atoms with Gasteiger partial charge >= 0.3 is 6.03 Å². The fourth-order valence-electron chi connectivity index (χ4n) is 3.21. The van der Waals surface area contributed by atoms with Crippen LogP contribution in [0.15, 0.2) is 48.5 Å². The smallest absolute Gasteiger partial charge is 0.321 e. The number of rotatable bonds is 6. The summed E-state index contributed by atoms with van der Waals surface area (Å²) in [6.07, 6.45) is 0.503. The molecule has 2 aromatic rings. The first-order chi connectivity index (χ1) is 13.0. The molecule has 0 saturated carbocycles. The molecule has 1 aliphatic heterocycles. The SMILES string of the molecule is CCN(C(=O)NCCCN1C(=O)c2ccccc2C1=O)c1cccc(C)c1. The average molecular weight is 365 g/mol. The summed E-state index contributed by atoms with van der Waals surface area (Å²) in [5, 5.41) is 2.86. The number of carbonyl (C=O) groups is 3. The van der Waals surface area contributed by atoms with Crippen LogP contribution in [0.2, 0.25) is 0 Å². The lowest BCUT2D eigenvalue weighted by molar-refractivity contribution is 0.0653. The summed E-state index contributed by atoms with van der Waals surface area (Å²) < 4.78 is 0. The van der Waals surface area contributed by atoms with Crippen molar-refractivity contribution in [1.82, 2.24) is 10.2 Å². The number of anilines is 1. The van der Waals surface area contributed by atoms with Crippen molar-refractivity contribution < 1.29 is 14.4 Å². The Morgan fingerprint density at radius 1 is 1.04 bits per heavy atom. The molecule has 6 nitrogen and oxygen atoms in total. The van der Waals surface area contributed by atoms with Crippen molar-refractivity contribution in [3.8, 4) is 0 Å². The highest BCUT2D eigenvalue weighted by Gasteiger charge is 2.34. The van der Waals surface area contributed by atoms with Gasteiger partial charge in [0.05, 0.1) is 11.1 Å². The van der Waals surface area contributed by atoms with Gasteiger partial charge in [-0.05, 0) is 50.1 Å². The molecule has 0 aliphatic carbocycles. The second-order valence-corrected chi connectivity index (χ2v) is 6.48. The van der Waals surface area contributed by atoms with E-state index in [9.17, 15) is 14.4 Å². The molecule has 0 saturated heterocycles. The molecule has 4 amide bonds. The van der Waals surface area contributed by atoms with Gasteiger partial charge in [0.15, 0.2) is 0 Å². The average Bonchev–Trinajstić information content (AvgIpc) is 2.91. The summed E-state index contributed by atoms with van der Waals surface area (Å²) in [7, 11) is 0. The van der Waals surface area contributed by atoms with Crippen molar-refractivity contribution in [2.45, 2.75) is 20.3 Å². The molecule has 27 heavy (non-hydrogen) atoms. The van der Waals surface area contributed by atoms with E-state index in [4.69, 9.17) is 0 Å². The molecule has 0 unspecified atom stereocenters. The third-order valence-corrected chi connectivity index (χ3v) is 4.59. The third kappa shape index (κ3) is 3.84. The number of nitrogens with one attached hydrogen (secondary N) is 1. The number of fused-ring (bicyclic) bond motifs is 1. The minimum atomic E-state index is -0.267. The number of nitrogens with zero attached hydrogens (tertiary/aromatic N) is 2. The lowest BCUT2D eigenvalue weighted by Gasteiger charge is -2.22. The van der Waals surface area contributed by atoms with Crippen LogP contribution in [0.5, 0.6) is 0 Å². The molecule has 0 bridgehead atoms. The molecule has 0 aromatic heterocycles. The molecule has 2 aromatic carbocycles. The van der Waals surface area contributed by atoms with Crippen molar-refractivity contribution in [3.63, 3.8) is 0 Å². The van der Waals surface area contributed by atoms with Crippen LogP contribution in [0.25, 0.3) is 0 Å². The molecule has 1 N–H and O–H groups in total. The fourth-order valence-corrected chi connectivity index (χ4v) is 3.21. The van der Waals surface area contributed by atoms with Crippen molar-refractivity contribution in [1.29, 1.82) is 0 Å². The van der Waals surface area contributed by atoms with Gasteiger partial charge in [0.2, 0.25) is 0 Å². The highest BCUT2D eigenvalue weighted by molar-refractivity contribution is 6.21. The van der Waals surface area contributed by atoms with Crippen LogP contribution in [-0.2, 0) is 0 Å². The molecular formula is C21H23N3O3. The number of hydrogen-bond donors (Lipinski definition) is 1. The zero-order valence-corrected chi connectivity index (χ0v) is 15.6. The summed E-state index contributed by atoms with van der Waals surface area (Å²) in [5.41, 5.74) is 2.83. The van der Waals surface area contributed by atoms with E-state index >= 15 is 0 Å². The van der Waals surface area contributed by atoms with E-state index < -0.39 is 0 Å². The number of imide groups is 1. The van der Waals surface area contributed by atoms with Crippen molar-refractivity contribution >= 4 is 23.5 Å². The monoisotopic (exact) mass is 365 g/mol. The van der Waals surface area contributed by atoms with Crippen LogP contribution in [0.1, 0.15) is 39.6 Å². The molecule has 0 fully saturated rings. The zero-order chi connectivity index (χ0) is 19.4. The summed E-state index contributed by atoms with van der Waals surface area (Å²) in [5.74, 6) is -0.534. The molecule has 0 atom stereocenters.